The SMILES string of the molecule is CCN(CC)C(=O)Cn1cc(CN)c2cccnc21. The molecular weight excluding hydrogens is 240 g/mol. The Morgan fingerprint density at radius 1 is 1.42 bits per heavy atom. The van der Waals surface area contributed by atoms with Crippen LogP contribution in [0, 0.1) is 0 Å². The molecule has 2 rings (SSSR count). The molecule has 1 amide bonds. The van der Waals surface area contributed by atoms with E-state index in [-0.39, 0.29) is 5.91 Å². The molecule has 0 unspecified atom stereocenters. The Morgan fingerprint density at radius 2 is 2.16 bits per heavy atom. The van der Waals surface area contributed by atoms with Crippen molar-refractivity contribution in [1.29, 1.82) is 0 Å². The molecule has 19 heavy (non-hydrogen) atoms. The van der Waals surface area contributed by atoms with E-state index in [9.17, 15) is 4.79 Å². The molecule has 0 aromatic carbocycles. The maximum Gasteiger partial charge on any atom is 0.242 e. The topological polar surface area (TPSA) is 64.2 Å². The third-order valence-electron chi connectivity index (χ3n) is 3.36. The van der Waals surface area contributed by atoms with Crippen molar-refractivity contribution in [3.63, 3.8) is 0 Å². The van der Waals surface area contributed by atoms with E-state index in [1.165, 1.54) is 0 Å². The van der Waals surface area contributed by atoms with Gasteiger partial charge in [-0.1, -0.05) is 0 Å². The number of hydrogen-bond donors (Lipinski definition) is 1. The maximum absolute atomic E-state index is 12.2. The van der Waals surface area contributed by atoms with Crippen LogP contribution >= 0.6 is 0 Å². The zero-order valence-electron chi connectivity index (χ0n) is 11.5. The fraction of sp³-hybridized carbons (Fsp3) is 0.429. The van der Waals surface area contributed by atoms with Crippen LogP contribution in [-0.4, -0.2) is 33.4 Å². The van der Waals surface area contributed by atoms with Crippen LogP contribution in [0.1, 0.15) is 19.4 Å². The van der Waals surface area contributed by atoms with Crippen LogP contribution in [0.25, 0.3) is 11.0 Å². The van der Waals surface area contributed by atoms with E-state index in [1.807, 2.05) is 41.6 Å². The first-order chi connectivity index (χ1) is 9.21. The van der Waals surface area contributed by atoms with E-state index in [0.29, 0.717) is 13.1 Å². The van der Waals surface area contributed by atoms with E-state index in [1.54, 1.807) is 6.20 Å². The molecule has 0 aliphatic carbocycles. The first-order valence-electron chi connectivity index (χ1n) is 6.61. The van der Waals surface area contributed by atoms with Crippen molar-refractivity contribution in [1.82, 2.24) is 14.5 Å². The molecule has 2 N–H and O–H groups in total. The van der Waals surface area contributed by atoms with Gasteiger partial charge in [0.2, 0.25) is 5.91 Å². The van der Waals surface area contributed by atoms with Gasteiger partial charge in [-0.15, -0.1) is 0 Å². The highest BCUT2D eigenvalue weighted by molar-refractivity contribution is 5.83. The highest BCUT2D eigenvalue weighted by Crippen LogP contribution is 2.18. The number of rotatable bonds is 5. The molecule has 102 valence electrons. The van der Waals surface area contributed by atoms with E-state index >= 15 is 0 Å². The smallest absolute Gasteiger partial charge is 0.242 e. The van der Waals surface area contributed by atoms with Crippen LogP contribution in [0.5, 0.6) is 0 Å². The zero-order valence-corrected chi connectivity index (χ0v) is 11.5. The van der Waals surface area contributed by atoms with Crippen LogP contribution in [0.15, 0.2) is 24.5 Å². The molecule has 2 aromatic heterocycles. The Kier molecular flexibility index (Phi) is 4.16. The van der Waals surface area contributed by atoms with Crippen LogP contribution < -0.4 is 5.73 Å². The van der Waals surface area contributed by atoms with Gasteiger partial charge in [-0.3, -0.25) is 4.79 Å². The normalized spacial score (nSPS) is 10.9. The summed E-state index contributed by atoms with van der Waals surface area (Å²) in [7, 11) is 0. The second-order valence-electron chi connectivity index (χ2n) is 4.43. The largest absolute Gasteiger partial charge is 0.342 e. The number of carbonyl (C=O) groups excluding carboxylic acids is 1. The summed E-state index contributed by atoms with van der Waals surface area (Å²) >= 11 is 0. The van der Waals surface area contributed by atoms with Crippen LogP contribution in [-0.2, 0) is 17.9 Å². The predicted molar refractivity (Wildman–Crippen MR) is 75.6 cm³/mol. The van der Waals surface area contributed by atoms with Gasteiger partial charge in [-0.2, -0.15) is 0 Å². The highest BCUT2D eigenvalue weighted by Gasteiger charge is 2.14. The number of likely N-dealkylation sites (N-methyl/N-ethyl adjacent to an activating group) is 1. The van der Waals surface area contributed by atoms with Gasteiger partial charge in [0.05, 0.1) is 0 Å². The second kappa shape index (κ2) is 5.84. The van der Waals surface area contributed by atoms with Gasteiger partial charge in [0, 0.05) is 37.4 Å². The molecule has 0 saturated heterocycles. The van der Waals surface area contributed by atoms with Crippen molar-refractivity contribution in [3.05, 3.63) is 30.1 Å². The minimum Gasteiger partial charge on any atom is -0.342 e. The predicted octanol–water partition coefficient (Wildman–Crippen LogP) is 1.36. The lowest BCUT2D eigenvalue weighted by molar-refractivity contribution is -0.131. The molecular formula is C14H20N4O. The van der Waals surface area contributed by atoms with E-state index in [2.05, 4.69) is 4.98 Å². The lowest BCUT2D eigenvalue weighted by atomic mass is 10.2. The van der Waals surface area contributed by atoms with Gasteiger partial charge in [-0.25, -0.2) is 4.98 Å². The van der Waals surface area contributed by atoms with Gasteiger partial charge in [-0.05, 0) is 31.5 Å². The summed E-state index contributed by atoms with van der Waals surface area (Å²) < 4.78 is 1.89. The Bertz CT molecular complexity index is 572. The summed E-state index contributed by atoms with van der Waals surface area (Å²) in [5.74, 6) is 0.108. The number of carbonyl (C=O) groups is 1. The molecule has 0 spiro atoms. The molecule has 0 atom stereocenters. The molecule has 5 nitrogen and oxygen atoms in total. The van der Waals surface area contributed by atoms with Gasteiger partial charge in [0.1, 0.15) is 12.2 Å². The van der Waals surface area contributed by atoms with Crippen molar-refractivity contribution in [3.8, 4) is 0 Å². The summed E-state index contributed by atoms with van der Waals surface area (Å²) in [6, 6.07) is 3.88. The van der Waals surface area contributed by atoms with Gasteiger partial charge in [0.25, 0.3) is 0 Å². The average molecular weight is 260 g/mol. The molecule has 0 saturated carbocycles. The highest BCUT2D eigenvalue weighted by atomic mass is 16.2. The van der Waals surface area contributed by atoms with Crippen molar-refractivity contribution in [2.24, 2.45) is 5.73 Å². The first kappa shape index (κ1) is 13.5. The molecule has 0 bridgehead atoms. The Hall–Kier alpha value is -1.88. The van der Waals surface area contributed by atoms with Crippen LogP contribution in [0.4, 0.5) is 0 Å². The van der Waals surface area contributed by atoms with Crippen molar-refractivity contribution < 1.29 is 4.79 Å². The standard InChI is InChI=1S/C14H20N4O/c1-3-17(4-2)13(19)10-18-9-11(8-15)12-6-5-7-16-14(12)18/h5-7,9H,3-4,8,10,15H2,1-2H3. The molecule has 2 heterocycles. The molecule has 0 aliphatic heterocycles. The van der Waals surface area contributed by atoms with E-state index in [0.717, 1.165) is 29.7 Å². The fourth-order valence-electron chi connectivity index (χ4n) is 2.30. The number of amides is 1. The number of pyridine rings is 1. The summed E-state index contributed by atoms with van der Waals surface area (Å²) in [5, 5.41) is 1.03. The summed E-state index contributed by atoms with van der Waals surface area (Å²) in [5.41, 5.74) is 7.58. The maximum atomic E-state index is 12.2. The van der Waals surface area contributed by atoms with Crippen LogP contribution in [0.2, 0.25) is 0 Å². The lowest BCUT2D eigenvalue weighted by Crippen LogP contribution is -2.33. The number of nitrogens with two attached hydrogens (primary N) is 1. The molecule has 2 aromatic rings. The molecule has 0 aliphatic rings. The fourth-order valence-corrected chi connectivity index (χ4v) is 2.30. The van der Waals surface area contributed by atoms with Crippen molar-refractivity contribution >= 4 is 16.9 Å². The van der Waals surface area contributed by atoms with Gasteiger partial charge >= 0.3 is 0 Å². The monoisotopic (exact) mass is 260 g/mol. The summed E-state index contributed by atoms with van der Waals surface area (Å²) in [6.07, 6.45) is 3.67. The van der Waals surface area contributed by atoms with Gasteiger partial charge < -0.3 is 15.2 Å². The Morgan fingerprint density at radius 3 is 2.79 bits per heavy atom. The van der Waals surface area contributed by atoms with Crippen LogP contribution in [0.3, 0.4) is 0 Å². The summed E-state index contributed by atoms with van der Waals surface area (Å²) in [4.78, 5) is 18.3. The second-order valence-corrected chi connectivity index (χ2v) is 4.43. The van der Waals surface area contributed by atoms with Crippen molar-refractivity contribution in [2.45, 2.75) is 26.9 Å². The summed E-state index contributed by atoms with van der Waals surface area (Å²) in [6.45, 7) is 6.19. The number of aromatic nitrogens is 2. The van der Waals surface area contributed by atoms with E-state index < -0.39 is 0 Å². The number of nitrogens with zero attached hydrogens (tertiary/aromatic N) is 3. The minimum absolute atomic E-state index is 0.108. The molecule has 0 fully saturated rings. The minimum atomic E-state index is 0.108. The quantitative estimate of drug-likeness (QED) is 0.883. The Balaban J connectivity index is 2.33. The average Bonchev–Trinajstić information content (AvgIpc) is 2.78. The third-order valence-corrected chi connectivity index (χ3v) is 3.36. The number of hydrogen-bond acceptors (Lipinski definition) is 3. The Labute approximate surface area is 113 Å². The molecule has 5 heteroatoms. The lowest BCUT2D eigenvalue weighted by Gasteiger charge is -2.18. The zero-order chi connectivity index (χ0) is 13.8. The molecule has 0 radical (unpaired) electrons. The first-order valence-corrected chi connectivity index (χ1v) is 6.61. The van der Waals surface area contributed by atoms with Gasteiger partial charge in [0.15, 0.2) is 0 Å². The number of fused-ring (bicyclic) bond motifs is 1. The van der Waals surface area contributed by atoms with Crippen molar-refractivity contribution in [2.75, 3.05) is 13.1 Å². The third kappa shape index (κ3) is 2.61. The van der Waals surface area contributed by atoms with E-state index in [4.69, 9.17) is 5.73 Å².